The number of nitrogens with zero attached hydrogens (tertiary/aromatic N) is 2. The molecule has 0 radical (unpaired) electrons. The molecule has 9 aromatic carbocycles. The number of para-hydroxylation sites is 2. The summed E-state index contributed by atoms with van der Waals surface area (Å²) in [5.74, 6) is 0. The van der Waals surface area contributed by atoms with Crippen LogP contribution < -0.4 is 4.90 Å². The number of furan rings is 1. The van der Waals surface area contributed by atoms with Gasteiger partial charge in [-0.3, -0.25) is 0 Å². The number of hydrogen-bond donors (Lipinski definition) is 0. The summed E-state index contributed by atoms with van der Waals surface area (Å²) in [7, 11) is 0. The third kappa shape index (κ3) is 4.28. The summed E-state index contributed by atoms with van der Waals surface area (Å²) >= 11 is 0. The highest BCUT2D eigenvalue weighted by atomic mass is 16.3. The first-order chi connectivity index (χ1) is 27.5. The van der Waals surface area contributed by atoms with E-state index in [1.54, 1.807) is 0 Å². The van der Waals surface area contributed by atoms with Crippen LogP contribution in [0.15, 0.2) is 186 Å². The van der Waals surface area contributed by atoms with E-state index in [-0.39, 0.29) is 5.41 Å². The molecule has 1 aliphatic carbocycles. The molecule has 0 N–H and O–H groups in total. The van der Waals surface area contributed by atoms with Gasteiger partial charge in [0.25, 0.3) is 0 Å². The van der Waals surface area contributed by atoms with Crippen LogP contribution in [0.4, 0.5) is 17.1 Å². The van der Waals surface area contributed by atoms with Crippen molar-refractivity contribution in [2.24, 2.45) is 0 Å². The lowest BCUT2D eigenvalue weighted by atomic mass is 9.82. The highest BCUT2D eigenvalue weighted by Gasteiger charge is 2.36. The van der Waals surface area contributed by atoms with E-state index in [2.05, 4.69) is 205 Å². The fraction of sp³-hybridized carbons (Fsp3) is 0.0566. The zero-order valence-corrected chi connectivity index (χ0v) is 31.1. The van der Waals surface area contributed by atoms with E-state index in [1.165, 1.54) is 65.6 Å². The number of anilines is 3. The molecule has 0 amide bonds. The van der Waals surface area contributed by atoms with E-state index in [4.69, 9.17) is 4.42 Å². The summed E-state index contributed by atoms with van der Waals surface area (Å²) in [6.45, 7) is 4.71. The summed E-state index contributed by atoms with van der Waals surface area (Å²) in [6.07, 6.45) is 0. The highest BCUT2D eigenvalue weighted by Crippen LogP contribution is 2.52. The summed E-state index contributed by atoms with van der Waals surface area (Å²) in [6, 6.07) is 66.4. The first-order valence-electron chi connectivity index (χ1n) is 19.4. The molecule has 264 valence electrons. The molecule has 2 aromatic heterocycles. The molecule has 0 aliphatic heterocycles. The highest BCUT2D eigenvalue weighted by molar-refractivity contribution is 6.29. The zero-order valence-electron chi connectivity index (χ0n) is 31.1. The molecule has 3 heteroatoms. The van der Waals surface area contributed by atoms with Gasteiger partial charge in [0.1, 0.15) is 5.58 Å². The predicted molar refractivity (Wildman–Crippen MR) is 235 cm³/mol. The fourth-order valence-electron chi connectivity index (χ4n) is 9.75. The van der Waals surface area contributed by atoms with Crippen LogP contribution in [0.1, 0.15) is 25.0 Å². The fourth-order valence-corrected chi connectivity index (χ4v) is 9.75. The zero-order chi connectivity index (χ0) is 37.1. The van der Waals surface area contributed by atoms with Crippen LogP contribution in [0.2, 0.25) is 0 Å². The molecule has 0 saturated heterocycles. The number of aromatic nitrogens is 1. The molecule has 0 fully saturated rings. The van der Waals surface area contributed by atoms with Crippen LogP contribution in [0, 0.1) is 0 Å². The van der Waals surface area contributed by atoms with Crippen molar-refractivity contribution in [2.75, 3.05) is 4.90 Å². The van der Waals surface area contributed by atoms with Gasteiger partial charge in [-0.15, -0.1) is 0 Å². The Morgan fingerprint density at radius 2 is 1.11 bits per heavy atom. The SMILES string of the molecule is CC1(C)c2ccccc2-c2ccc(N(c3ccc4c(c3)c3ccccc3n4-c3ccccc3)c3cc4ccccc4c4c3oc3ccc5ccccc5c34)cc21. The van der Waals surface area contributed by atoms with Crippen molar-refractivity contribution in [3.63, 3.8) is 0 Å². The largest absolute Gasteiger partial charge is 0.454 e. The lowest BCUT2D eigenvalue weighted by molar-refractivity contribution is 0.660. The Hall–Kier alpha value is -7.10. The first kappa shape index (κ1) is 31.3. The van der Waals surface area contributed by atoms with Crippen LogP contribution in [0.3, 0.4) is 0 Å². The second kappa shape index (κ2) is 11.5. The monoisotopic (exact) mass is 716 g/mol. The van der Waals surface area contributed by atoms with Crippen LogP contribution in [-0.4, -0.2) is 4.57 Å². The first-order valence-corrected chi connectivity index (χ1v) is 19.4. The van der Waals surface area contributed by atoms with Gasteiger partial charge in [0.05, 0.1) is 16.7 Å². The Bertz CT molecular complexity index is 3400. The van der Waals surface area contributed by atoms with Crippen molar-refractivity contribution in [1.29, 1.82) is 0 Å². The summed E-state index contributed by atoms with van der Waals surface area (Å²) in [5.41, 5.74) is 13.6. The number of benzene rings is 9. The second-order valence-electron chi connectivity index (χ2n) is 15.7. The van der Waals surface area contributed by atoms with Crippen molar-refractivity contribution < 1.29 is 4.42 Å². The maximum atomic E-state index is 7.08. The Morgan fingerprint density at radius 3 is 1.96 bits per heavy atom. The molecule has 56 heavy (non-hydrogen) atoms. The van der Waals surface area contributed by atoms with Crippen molar-refractivity contribution in [1.82, 2.24) is 4.57 Å². The summed E-state index contributed by atoms with van der Waals surface area (Å²) in [4.78, 5) is 2.44. The molecule has 0 spiro atoms. The molecule has 3 nitrogen and oxygen atoms in total. The Labute approximate surface area is 324 Å². The van der Waals surface area contributed by atoms with E-state index >= 15 is 0 Å². The maximum Gasteiger partial charge on any atom is 0.160 e. The van der Waals surface area contributed by atoms with Gasteiger partial charge < -0.3 is 13.9 Å². The minimum atomic E-state index is -0.155. The molecule has 11 aromatic rings. The summed E-state index contributed by atoms with van der Waals surface area (Å²) in [5, 5.41) is 9.48. The van der Waals surface area contributed by atoms with Gasteiger partial charge in [0.2, 0.25) is 0 Å². The molecular formula is C53H36N2O. The van der Waals surface area contributed by atoms with E-state index in [0.717, 1.165) is 44.7 Å². The van der Waals surface area contributed by atoms with Gasteiger partial charge in [0.15, 0.2) is 5.58 Å². The van der Waals surface area contributed by atoms with E-state index < -0.39 is 0 Å². The molecular weight excluding hydrogens is 681 g/mol. The number of fused-ring (bicyclic) bond motifs is 13. The van der Waals surface area contributed by atoms with Gasteiger partial charge in [-0.25, -0.2) is 0 Å². The molecule has 0 unspecified atom stereocenters. The standard InChI is InChI=1S/C53H36N2O/c1-53(2)44-22-12-10-20-40(44)41-27-25-37(32-45(41)53)54(36-26-28-47-43(31-36)42-21-11-13-23-46(42)55(47)35-16-4-3-5-17-35)48-30-34-15-7-9-19-39(34)51-50-38-18-8-6-14-33(38)24-29-49(50)56-52(48)51/h3-32H,1-2H3. The third-order valence-electron chi connectivity index (χ3n) is 12.3. The van der Waals surface area contributed by atoms with Crippen molar-refractivity contribution in [3.05, 3.63) is 193 Å². The van der Waals surface area contributed by atoms with Gasteiger partial charge in [-0.1, -0.05) is 135 Å². The van der Waals surface area contributed by atoms with Gasteiger partial charge >= 0.3 is 0 Å². The quantitative estimate of drug-likeness (QED) is 0.181. The van der Waals surface area contributed by atoms with Gasteiger partial charge in [-0.2, -0.15) is 0 Å². The lowest BCUT2D eigenvalue weighted by Gasteiger charge is -2.28. The van der Waals surface area contributed by atoms with E-state index in [0.29, 0.717) is 0 Å². The third-order valence-corrected chi connectivity index (χ3v) is 12.3. The Kier molecular flexibility index (Phi) is 6.40. The predicted octanol–water partition coefficient (Wildman–Crippen LogP) is 14.8. The molecule has 12 rings (SSSR count). The Balaban J connectivity index is 1.19. The minimum absolute atomic E-state index is 0.155. The second-order valence-corrected chi connectivity index (χ2v) is 15.7. The van der Waals surface area contributed by atoms with Crippen LogP contribution in [0.5, 0.6) is 0 Å². The lowest BCUT2D eigenvalue weighted by Crippen LogP contribution is -2.16. The normalized spacial score (nSPS) is 13.3. The topological polar surface area (TPSA) is 21.3 Å². The molecule has 0 bridgehead atoms. The summed E-state index contributed by atoms with van der Waals surface area (Å²) < 4.78 is 9.46. The molecule has 0 atom stereocenters. The van der Waals surface area contributed by atoms with E-state index in [9.17, 15) is 0 Å². The molecule has 2 heterocycles. The Morgan fingerprint density at radius 1 is 0.464 bits per heavy atom. The minimum Gasteiger partial charge on any atom is -0.454 e. The number of rotatable bonds is 4. The van der Waals surface area contributed by atoms with Crippen molar-refractivity contribution in [3.8, 4) is 16.8 Å². The smallest absolute Gasteiger partial charge is 0.160 e. The average molecular weight is 717 g/mol. The maximum absolute atomic E-state index is 7.08. The average Bonchev–Trinajstić information content (AvgIpc) is 3.88. The molecule has 1 aliphatic rings. The van der Waals surface area contributed by atoms with Crippen molar-refractivity contribution >= 4 is 82.4 Å². The van der Waals surface area contributed by atoms with Gasteiger partial charge in [-0.05, 0) is 104 Å². The van der Waals surface area contributed by atoms with Crippen LogP contribution in [-0.2, 0) is 5.41 Å². The number of hydrogen-bond acceptors (Lipinski definition) is 2. The van der Waals surface area contributed by atoms with Gasteiger partial charge in [0, 0.05) is 44.0 Å². The molecule has 0 saturated carbocycles. The van der Waals surface area contributed by atoms with Crippen LogP contribution >= 0.6 is 0 Å². The van der Waals surface area contributed by atoms with Crippen molar-refractivity contribution in [2.45, 2.75) is 19.3 Å². The van der Waals surface area contributed by atoms with E-state index in [1.807, 2.05) is 0 Å². The van der Waals surface area contributed by atoms with Crippen LogP contribution in [0.25, 0.3) is 82.1 Å².